The summed E-state index contributed by atoms with van der Waals surface area (Å²) in [5.74, 6) is -0.301. The van der Waals surface area contributed by atoms with Gasteiger partial charge in [0.2, 0.25) is 5.91 Å². The Balaban J connectivity index is 2.29. The third-order valence-electron chi connectivity index (χ3n) is 2.12. The number of nitrogens with two attached hydrogens (primary N) is 1. The molecule has 0 fully saturated rings. The lowest BCUT2D eigenvalue weighted by atomic mass is 10.2. The van der Waals surface area contributed by atoms with Gasteiger partial charge in [-0.1, -0.05) is 18.2 Å². The van der Waals surface area contributed by atoms with E-state index in [1.165, 1.54) is 0 Å². The number of carbonyl (C=O) groups is 1. The summed E-state index contributed by atoms with van der Waals surface area (Å²) in [7, 11) is 0. The van der Waals surface area contributed by atoms with Crippen LogP contribution < -0.4 is 5.73 Å². The number of carbonyl (C=O) groups excluding carboxylic acids is 1. The smallest absolute Gasteiger partial charge is 0.219 e. The summed E-state index contributed by atoms with van der Waals surface area (Å²) < 4.78 is 1.79. The van der Waals surface area contributed by atoms with Crippen LogP contribution in [0.1, 0.15) is 6.42 Å². The number of aromatic nitrogens is 2. The van der Waals surface area contributed by atoms with Gasteiger partial charge in [-0.2, -0.15) is 5.10 Å². The van der Waals surface area contributed by atoms with Crippen LogP contribution in [0.25, 0.3) is 10.9 Å². The van der Waals surface area contributed by atoms with Crippen molar-refractivity contribution in [3.63, 3.8) is 0 Å². The Morgan fingerprint density at radius 1 is 1.43 bits per heavy atom. The highest BCUT2D eigenvalue weighted by Crippen LogP contribution is 2.12. The molecule has 1 aromatic carbocycles. The third-order valence-corrected chi connectivity index (χ3v) is 2.12. The first-order valence-corrected chi connectivity index (χ1v) is 4.46. The predicted octanol–water partition coefficient (Wildman–Crippen LogP) is 0.912. The summed E-state index contributed by atoms with van der Waals surface area (Å²) >= 11 is 0. The molecule has 1 amide bonds. The average molecular weight is 189 g/mol. The lowest BCUT2D eigenvalue weighted by molar-refractivity contribution is -0.118. The quantitative estimate of drug-likeness (QED) is 0.780. The predicted molar refractivity (Wildman–Crippen MR) is 53.5 cm³/mol. The fourth-order valence-corrected chi connectivity index (χ4v) is 1.42. The van der Waals surface area contributed by atoms with E-state index in [1.807, 2.05) is 24.3 Å². The molecular weight excluding hydrogens is 178 g/mol. The SMILES string of the molecule is NC(=O)CCn1ncc2ccccc21. The molecular formula is C10H11N3O. The highest BCUT2D eigenvalue weighted by Gasteiger charge is 2.02. The molecule has 1 aromatic heterocycles. The van der Waals surface area contributed by atoms with Crippen molar-refractivity contribution in [3.8, 4) is 0 Å². The van der Waals surface area contributed by atoms with Crippen molar-refractivity contribution in [1.82, 2.24) is 9.78 Å². The number of aryl methyl sites for hydroxylation is 1. The molecule has 0 aliphatic heterocycles. The summed E-state index contributed by atoms with van der Waals surface area (Å²) in [4.78, 5) is 10.6. The lowest BCUT2D eigenvalue weighted by Crippen LogP contribution is -2.14. The third kappa shape index (κ3) is 1.59. The zero-order valence-electron chi connectivity index (χ0n) is 7.68. The number of benzene rings is 1. The minimum atomic E-state index is -0.301. The van der Waals surface area contributed by atoms with E-state index in [0.29, 0.717) is 13.0 Å². The number of fused-ring (bicyclic) bond motifs is 1. The molecule has 2 rings (SSSR count). The first-order valence-electron chi connectivity index (χ1n) is 4.46. The zero-order valence-corrected chi connectivity index (χ0v) is 7.68. The number of para-hydroxylation sites is 1. The van der Waals surface area contributed by atoms with Crippen LogP contribution in [0.2, 0.25) is 0 Å². The minimum Gasteiger partial charge on any atom is -0.370 e. The molecule has 0 saturated heterocycles. The Hall–Kier alpha value is -1.84. The van der Waals surface area contributed by atoms with Crippen LogP contribution in [0, 0.1) is 0 Å². The van der Waals surface area contributed by atoms with Crippen molar-refractivity contribution in [2.75, 3.05) is 0 Å². The lowest BCUT2D eigenvalue weighted by Gasteiger charge is -2.00. The van der Waals surface area contributed by atoms with Gasteiger partial charge in [-0.3, -0.25) is 9.48 Å². The zero-order chi connectivity index (χ0) is 9.97. The molecule has 1 heterocycles. The van der Waals surface area contributed by atoms with Crippen molar-refractivity contribution >= 4 is 16.8 Å². The molecule has 0 aliphatic rings. The second-order valence-corrected chi connectivity index (χ2v) is 3.14. The van der Waals surface area contributed by atoms with Gasteiger partial charge in [0.25, 0.3) is 0 Å². The van der Waals surface area contributed by atoms with Crippen LogP contribution >= 0.6 is 0 Å². The summed E-state index contributed by atoms with van der Waals surface area (Å²) in [5.41, 5.74) is 6.11. The van der Waals surface area contributed by atoms with Gasteiger partial charge < -0.3 is 5.73 Å². The van der Waals surface area contributed by atoms with Gasteiger partial charge in [-0.25, -0.2) is 0 Å². The molecule has 2 N–H and O–H groups in total. The molecule has 0 unspecified atom stereocenters. The maximum Gasteiger partial charge on any atom is 0.219 e. The van der Waals surface area contributed by atoms with E-state index >= 15 is 0 Å². The number of hydrogen-bond donors (Lipinski definition) is 1. The van der Waals surface area contributed by atoms with Crippen LogP contribution in [0.15, 0.2) is 30.5 Å². The number of rotatable bonds is 3. The molecule has 0 saturated carbocycles. The molecule has 2 aromatic rings. The van der Waals surface area contributed by atoms with E-state index in [1.54, 1.807) is 10.9 Å². The molecule has 0 aliphatic carbocycles. The normalized spacial score (nSPS) is 10.6. The van der Waals surface area contributed by atoms with E-state index in [2.05, 4.69) is 5.10 Å². The number of primary amides is 1. The number of amides is 1. The molecule has 0 bridgehead atoms. The van der Waals surface area contributed by atoms with E-state index in [9.17, 15) is 4.79 Å². The largest absolute Gasteiger partial charge is 0.370 e. The highest BCUT2D eigenvalue weighted by molar-refractivity contribution is 5.78. The first kappa shape index (κ1) is 8.74. The fourth-order valence-electron chi connectivity index (χ4n) is 1.42. The second-order valence-electron chi connectivity index (χ2n) is 3.14. The maximum atomic E-state index is 10.6. The van der Waals surface area contributed by atoms with E-state index in [-0.39, 0.29) is 5.91 Å². The summed E-state index contributed by atoms with van der Waals surface area (Å²) in [6.45, 7) is 0.544. The van der Waals surface area contributed by atoms with Crippen molar-refractivity contribution < 1.29 is 4.79 Å². The first-order chi connectivity index (χ1) is 6.77. The van der Waals surface area contributed by atoms with Crippen LogP contribution in [-0.2, 0) is 11.3 Å². The average Bonchev–Trinajstić information content (AvgIpc) is 2.58. The summed E-state index contributed by atoms with van der Waals surface area (Å²) in [6.07, 6.45) is 2.11. The van der Waals surface area contributed by atoms with Crippen molar-refractivity contribution in [2.45, 2.75) is 13.0 Å². The molecule has 4 nitrogen and oxygen atoms in total. The van der Waals surface area contributed by atoms with Gasteiger partial charge in [-0.05, 0) is 6.07 Å². The van der Waals surface area contributed by atoms with E-state index in [0.717, 1.165) is 10.9 Å². The van der Waals surface area contributed by atoms with Crippen LogP contribution in [0.3, 0.4) is 0 Å². The Labute approximate surface area is 81.3 Å². The van der Waals surface area contributed by atoms with Crippen molar-refractivity contribution in [3.05, 3.63) is 30.5 Å². The molecule has 72 valence electrons. The molecule has 14 heavy (non-hydrogen) atoms. The Morgan fingerprint density at radius 3 is 3.00 bits per heavy atom. The molecule has 0 radical (unpaired) electrons. The Morgan fingerprint density at radius 2 is 2.21 bits per heavy atom. The maximum absolute atomic E-state index is 10.6. The van der Waals surface area contributed by atoms with Crippen molar-refractivity contribution in [1.29, 1.82) is 0 Å². The van der Waals surface area contributed by atoms with Crippen LogP contribution in [0.5, 0.6) is 0 Å². The standard InChI is InChI=1S/C10H11N3O/c11-10(14)5-6-13-9-4-2-1-3-8(9)7-12-13/h1-4,7H,5-6H2,(H2,11,14). The van der Waals surface area contributed by atoms with E-state index in [4.69, 9.17) is 5.73 Å². The van der Waals surface area contributed by atoms with Gasteiger partial charge in [0.1, 0.15) is 0 Å². The molecule has 0 spiro atoms. The van der Waals surface area contributed by atoms with Crippen LogP contribution in [-0.4, -0.2) is 15.7 Å². The van der Waals surface area contributed by atoms with Gasteiger partial charge in [0.05, 0.1) is 18.3 Å². The van der Waals surface area contributed by atoms with E-state index < -0.39 is 0 Å². The topological polar surface area (TPSA) is 60.9 Å². The summed E-state index contributed by atoms with van der Waals surface area (Å²) in [5, 5.41) is 5.26. The van der Waals surface area contributed by atoms with Crippen LogP contribution in [0.4, 0.5) is 0 Å². The van der Waals surface area contributed by atoms with Gasteiger partial charge in [0.15, 0.2) is 0 Å². The highest BCUT2D eigenvalue weighted by atomic mass is 16.1. The monoisotopic (exact) mass is 189 g/mol. The summed E-state index contributed by atoms with van der Waals surface area (Å²) in [6, 6.07) is 7.87. The number of hydrogen-bond acceptors (Lipinski definition) is 2. The number of nitrogens with zero attached hydrogens (tertiary/aromatic N) is 2. The van der Waals surface area contributed by atoms with Gasteiger partial charge >= 0.3 is 0 Å². The fraction of sp³-hybridized carbons (Fsp3) is 0.200. The van der Waals surface area contributed by atoms with Crippen molar-refractivity contribution in [2.24, 2.45) is 5.73 Å². The van der Waals surface area contributed by atoms with Gasteiger partial charge in [0, 0.05) is 11.8 Å². The second kappa shape index (κ2) is 3.49. The minimum absolute atomic E-state index is 0.301. The Kier molecular flexibility index (Phi) is 2.18. The molecule has 4 heteroatoms. The van der Waals surface area contributed by atoms with Gasteiger partial charge in [-0.15, -0.1) is 0 Å². The Bertz CT molecular complexity index is 461. The molecule has 0 atom stereocenters.